The van der Waals surface area contributed by atoms with Gasteiger partial charge in [-0.3, -0.25) is 4.98 Å². The largest absolute Gasteiger partial charge is 0.418 e. The van der Waals surface area contributed by atoms with E-state index in [0.717, 1.165) is 12.1 Å². The molecule has 0 aliphatic rings. The van der Waals surface area contributed by atoms with Crippen LogP contribution < -0.4 is 0 Å². The average Bonchev–Trinajstić information content (AvgIpc) is 3.70. The summed E-state index contributed by atoms with van der Waals surface area (Å²) in [5.74, 6) is 0. The number of fused-ring (bicyclic) bond motifs is 6. The lowest BCUT2D eigenvalue weighted by Crippen LogP contribution is -2.13. The van der Waals surface area contributed by atoms with Crippen LogP contribution >= 0.6 is 0 Å². The Hall–Kier alpha value is -6.86. The molecule has 0 saturated carbocycles. The maximum atomic E-state index is 15.2. The fourth-order valence-corrected chi connectivity index (χ4v) is 7.71. The molecule has 0 radical (unpaired) electrons. The van der Waals surface area contributed by atoms with Crippen LogP contribution in [0.2, 0.25) is 0 Å². The van der Waals surface area contributed by atoms with Crippen molar-refractivity contribution in [2.75, 3.05) is 0 Å². The second-order valence-corrected chi connectivity index (χ2v) is 12.9. The van der Waals surface area contributed by atoms with E-state index in [4.69, 9.17) is 0 Å². The monoisotopic (exact) mass is 722 g/mol. The Morgan fingerprint density at radius 3 is 1.33 bits per heavy atom. The van der Waals surface area contributed by atoms with Gasteiger partial charge in [-0.1, -0.05) is 84.9 Å². The normalized spacial score (nSPS) is 12.2. The number of para-hydroxylation sites is 4. The molecule has 6 aromatic carbocycles. The molecular weight excluding hydrogens is 699 g/mol. The molecule has 10 heteroatoms. The Bertz CT molecular complexity index is 2970. The van der Waals surface area contributed by atoms with Gasteiger partial charge in [0.25, 0.3) is 0 Å². The summed E-state index contributed by atoms with van der Waals surface area (Å²) < 4.78 is 94.2. The van der Waals surface area contributed by atoms with Gasteiger partial charge in [-0.05, 0) is 59.7 Å². The Labute approximate surface area is 303 Å². The summed E-state index contributed by atoms with van der Waals surface area (Å²) in [5, 5.41) is 11.3. The lowest BCUT2D eigenvalue weighted by atomic mass is 9.94. The van der Waals surface area contributed by atoms with E-state index in [1.165, 1.54) is 16.7 Å². The second-order valence-electron chi connectivity index (χ2n) is 12.9. The third kappa shape index (κ3) is 5.04. The van der Waals surface area contributed by atoms with Gasteiger partial charge >= 0.3 is 12.4 Å². The topological polar surface area (TPSA) is 46.5 Å². The first kappa shape index (κ1) is 33.0. The summed E-state index contributed by atoms with van der Waals surface area (Å²) in [6.45, 7) is 0. The van der Waals surface area contributed by atoms with Gasteiger partial charge in [-0.15, -0.1) is 0 Å². The summed E-state index contributed by atoms with van der Waals surface area (Å²) >= 11 is 0. The van der Waals surface area contributed by atoms with Crippen molar-refractivity contribution in [1.82, 2.24) is 14.1 Å². The van der Waals surface area contributed by atoms with Gasteiger partial charge in [0.2, 0.25) is 0 Å². The zero-order valence-corrected chi connectivity index (χ0v) is 27.9. The molecule has 0 aliphatic heterocycles. The molecule has 0 atom stereocenters. The Morgan fingerprint density at radius 2 is 0.889 bits per heavy atom. The predicted octanol–water partition coefficient (Wildman–Crippen LogP) is 12.5. The smallest absolute Gasteiger partial charge is 0.306 e. The molecule has 54 heavy (non-hydrogen) atoms. The van der Waals surface area contributed by atoms with Crippen molar-refractivity contribution in [3.8, 4) is 39.7 Å². The molecular formula is C44H24F6N4. The minimum absolute atomic E-state index is 0.142. The van der Waals surface area contributed by atoms with Crippen LogP contribution in [-0.2, 0) is 12.4 Å². The summed E-state index contributed by atoms with van der Waals surface area (Å²) in [5.41, 5.74) is 1.58. The van der Waals surface area contributed by atoms with Crippen LogP contribution in [0, 0.1) is 11.3 Å². The molecule has 0 unspecified atom stereocenters. The number of halogens is 6. The molecule has 9 rings (SSSR count). The van der Waals surface area contributed by atoms with Gasteiger partial charge in [-0.2, -0.15) is 31.6 Å². The molecule has 0 aliphatic carbocycles. The summed E-state index contributed by atoms with van der Waals surface area (Å²) in [7, 11) is 0. The SMILES string of the molecule is N#Cc1ccc(-c2ccc(-c3ccncc3)c(-n3c4ccccc4c4cccc(C(F)(F)F)c43)c2-n2c3ccccc3c3cccc(C(F)(F)F)c32)cc1. The number of pyridine rings is 1. The third-order valence-corrected chi connectivity index (χ3v) is 9.92. The summed E-state index contributed by atoms with van der Waals surface area (Å²) in [4.78, 5) is 4.17. The number of alkyl halides is 6. The van der Waals surface area contributed by atoms with Gasteiger partial charge < -0.3 is 9.13 Å². The standard InChI is InChI=1S/C44H24F6N4/c45-43(46,47)35-11-5-9-33-31-7-1-3-13-37(31)53(39(33)35)41-29(27-17-15-26(25-51)16-18-27)19-20-30(28-21-23-52-24-22-28)42(41)54-38-14-4-2-8-32(38)34-10-6-12-36(40(34)54)44(48,49)50/h1-24H. The molecule has 262 valence electrons. The van der Waals surface area contributed by atoms with E-state index < -0.39 is 23.5 Å². The number of hydrogen-bond donors (Lipinski definition) is 0. The van der Waals surface area contributed by atoms with E-state index >= 15 is 26.3 Å². The zero-order valence-electron chi connectivity index (χ0n) is 27.9. The molecule has 0 bridgehead atoms. The van der Waals surface area contributed by atoms with E-state index in [2.05, 4.69) is 11.1 Å². The van der Waals surface area contributed by atoms with Crippen molar-refractivity contribution in [1.29, 1.82) is 5.26 Å². The lowest BCUT2D eigenvalue weighted by molar-refractivity contribution is -0.137. The molecule has 9 aromatic rings. The van der Waals surface area contributed by atoms with Crippen molar-refractivity contribution < 1.29 is 26.3 Å². The highest BCUT2D eigenvalue weighted by atomic mass is 19.4. The van der Waals surface area contributed by atoms with Crippen molar-refractivity contribution in [2.45, 2.75) is 12.4 Å². The van der Waals surface area contributed by atoms with Crippen LogP contribution in [0.4, 0.5) is 26.3 Å². The Kier molecular flexibility index (Phi) is 7.40. The quantitative estimate of drug-likeness (QED) is 0.170. The Balaban J connectivity index is 1.61. The van der Waals surface area contributed by atoms with Gasteiger partial charge in [0, 0.05) is 45.1 Å². The fourth-order valence-electron chi connectivity index (χ4n) is 7.71. The maximum Gasteiger partial charge on any atom is 0.418 e. The van der Waals surface area contributed by atoms with E-state index in [9.17, 15) is 5.26 Å². The molecule has 3 aromatic heterocycles. The number of rotatable bonds is 4. The predicted molar refractivity (Wildman–Crippen MR) is 199 cm³/mol. The second kappa shape index (κ2) is 12.1. The highest BCUT2D eigenvalue weighted by Crippen LogP contribution is 2.49. The molecule has 0 spiro atoms. The lowest BCUT2D eigenvalue weighted by Gasteiger charge is -2.25. The molecule has 3 heterocycles. The molecule has 0 amide bonds. The van der Waals surface area contributed by atoms with E-state index in [-0.39, 0.29) is 22.4 Å². The number of benzene rings is 6. The first-order valence-electron chi connectivity index (χ1n) is 16.8. The van der Waals surface area contributed by atoms with Crippen LogP contribution in [0.3, 0.4) is 0 Å². The molecule has 0 saturated heterocycles. The zero-order chi connectivity index (χ0) is 37.4. The average molecular weight is 723 g/mol. The van der Waals surface area contributed by atoms with Crippen molar-refractivity contribution >= 4 is 43.6 Å². The number of hydrogen-bond acceptors (Lipinski definition) is 2. The number of nitrogens with zero attached hydrogens (tertiary/aromatic N) is 4. The van der Waals surface area contributed by atoms with Crippen LogP contribution in [0.25, 0.3) is 77.2 Å². The highest BCUT2D eigenvalue weighted by molar-refractivity contribution is 6.14. The highest BCUT2D eigenvalue weighted by Gasteiger charge is 2.38. The van der Waals surface area contributed by atoms with Crippen molar-refractivity contribution in [3.63, 3.8) is 0 Å². The minimum Gasteiger partial charge on any atom is -0.306 e. The summed E-state index contributed by atoms with van der Waals surface area (Å²) in [6.07, 6.45) is -6.46. The van der Waals surface area contributed by atoms with Gasteiger partial charge in [0.1, 0.15) is 0 Å². The van der Waals surface area contributed by atoms with Crippen LogP contribution in [0.5, 0.6) is 0 Å². The van der Waals surface area contributed by atoms with Crippen molar-refractivity contribution in [3.05, 3.63) is 163 Å². The first-order chi connectivity index (χ1) is 26.1. The molecule has 4 nitrogen and oxygen atoms in total. The van der Waals surface area contributed by atoms with E-state index in [1.807, 2.05) is 0 Å². The maximum absolute atomic E-state index is 15.2. The number of nitriles is 1. The van der Waals surface area contributed by atoms with Crippen LogP contribution in [-0.4, -0.2) is 14.1 Å². The third-order valence-electron chi connectivity index (χ3n) is 9.92. The van der Waals surface area contributed by atoms with Gasteiger partial charge in [-0.25, -0.2) is 0 Å². The number of aromatic nitrogens is 3. The van der Waals surface area contributed by atoms with Crippen LogP contribution in [0.15, 0.2) is 146 Å². The summed E-state index contributed by atoms with van der Waals surface area (Å²) in [6, 6.07) is 37.5. The van der Waals surface area contributed by atoms with Gasteiger partial charge in [0.05, 0.1) is 56.2 Å². The Morgan fingerprint density at radius 1 is 0.463 bits per heavy atom. The van der Waals surface area contributed by atoms with E-state index in [1.54, 1.807) is 126 Å². The first-order valence-corrected chi connectivity index (χ1v) is 16.8. The molecule has 0 fully saturated rings. The van der Waals surface area contributed by atoms with Crippen LogP contribution in [0.1, 0.15) is 16.7 Å². The van der Waals surface area contributed by atoms with E-state index in [0.29, 0.717) is 60.4 Å². The van der Waals surface area contributed by atoms with Crippen molar-refractivity contribution in [2.24, 2.45) is 0 Å². The van der Waals surface area contributed by atoms with Gasteiger partial charge in [0.15, 0.2) is 0 Å². The minimum atomic E-state index is -4.79. The fraction of sp³-hybridized carbons (Fsp3) is 0.0455. The molecule has 0 N–H and O–H groups in total.